The van der Waals surface area contributed by atoms with E-state index in [4.69, 9.17) is 9.47 Å². The lowest BCUT2D eigenvalue weighted by atomic mass is 10.1. The topological polar surface area (TPSA) is 56.8 Å². The van der Waals surface area contributed by atoms with Gasteiger partial charge in [-0.15, -0.1) is 0 Å². The third-order valence-electron chi connectivity index (χ3n) is 2.89. The van der Waals surface area contributed by atoms with Gasteiger partial charge in [-0.25, -0.2) is 4.79 Å². The van der Waals surface area contributed by atoms with Crippen LogP contribution in [-0.2, 0) is 16.1 Å². The molecular weight excluding hydrogens is 270 g/mol. The van der Waals surface area contributed by atoms with Crippen molar-refractivity contribution in [2.75, 3.05) is 14.2 Å². The Labute approximate surface area is 126 Å². The number of carbonyl (C=O) groups excluding carboxylic acids is 1. The van der Waals surface area contributed by atoms with Crippen molar-refractivity contribution in [2.24, 2.45) is 0 Å². The Kier molecular flexibility index (Phi) is 6.03. The molecule has 5 heteroatoms. The maximum atomic E-state index is 11.5. The van der Waals surface area contributed by atoms with E-state index in [0.29, 0.717) is 18.0 Å². The highest BCUT2D eigenvalue weighted by Crippen LogP contribution is 2.29. The van der Waals surface area contributed by atoms with E-state index in [2.05, 4.69) is 30.8 Å². The Hall–Kier alpha value is -1.75. The highest BCUT2D eigenvalue weighted by atomic mass is 16.6. The molecule has 1 rings (SSSR count). The quantitative estimate of drug-likeness (QED) is 0.817. The maximum absolute atomic E-state index is 11.5. The predicted molar refractivity (Wildman–Crippen MR) is 81.7 cm³/mol. The van der Waals surface area contributed by atoms with Gasteiger partial charge in [0.25, 0.3) is 0 Å². The second-order valence-electron chi connectivity index (χ2n) is 5.87. The lowest BCUT2D eigenvalue weighted by molar-refractivity contribution is -0.147. The minimum Gasteiger partial charge on any atom is -0.493 e. The van der Waals surface area contributed by atoms with Crippen LogP contribution in [0.25, 0.3) is 0 Å². The molecule has 0 amide bonds. The highest BCUT2D eigenvalue weighted by molar-refractivity contribution is 5.74. The lowest BCUT2D eigenvalue weighted by Crippen LogP contribution is -2.35. The Morgan fingerprint density at radius 2 is 1.90 bits per heavy atom. The van der Waals surface area contributed by atoms with Gasteiger partial charge in [0.15, 0.2) is 17.6 Å². The first-order chi connectivity index (χ1) is 9.76. The van der Waals surface area contributed by atoms with Crippen molar-refractivity contribution in [3.63, 3.8) is 0 Å². The molecule has 1 unspecified atom stereocenters. The van der Waals surface area contributed by atoms with E-state index in [1.165, 1.54) is 7.11 Å². The number of hydrogen-bond acceptors (Lipinski definition) is 5. The molecule has 118 valence electrons. The van der Waals surface area contributed by atoms with Crippen LogP contribution in [0.3, 0.4) is 0 Å². The van der Waals surface area contributed by atoms with E-state index in [-0.39, 0.29) is 5.54 Å². The van der Waals surface area contributed by atoms with Crippen molar-refractivity contribution in [1.29, 1.82) is 0 Å². The number of esters is 1. The van der Waals surface area contributed by atoms with Crippen molar-refractivity contribution >= 4 is 5.97 Å². The van der Waals surface area contributed by atoms with Gasteiger partial charge in [-0.1, -0.05) is 6.07 Å². The smallest absolute Gasteiger partial charge is 0.346 e. The van der Waals surface area contributed by atoms with Crippen LogP contribution in [0.15, 0.2) is 18.2 Å². The summed E-state index contributed by atoms with van der Waals surface area (Å²) in [6.45, 7) is 8.66. The summed E-state index contributed by atoms with van der Waals surface area (Å²) in [6.07, 6.45) is -0.685. The molecule has 5 nitrogen and oxygen atoms in total. The summed E-state index contributed by atoms with van der Waals surface area (Å²) >= 11 is 0. The number of rotatable bonds is 6. The van der Waals surface area contributed by atoms with Gasteiger partial charge in [-0.05, 0) is 45.4 Å². The molecule has 0 spiro atoms. The van der Waals surface area contributed by atoms with E-state index in [1.54, 1.807) is 14.0 Å². The molecule has 1 aromatic carbocycles. The fourth-order valence-corrected chi connectivity index (χ4v) is 1.69. The summed E-state index contributed by atoms with van der Waals surface area (Å²) in [5.74, 6) is 0.698. The molecule has 1 N–H and O–H groups in total. The average Bonchev–Trinajstić information content (AvgIpc) is 2.43. The largest absolute Gasteiger partial charge is 0.493 e. The summed E-state index contributed by atoms with van der Waals surface area (Å²) in [5.41, 5.74) is 1.08. The number of ether oxygens (including phenoxy) is 3. The monoisotopic (exact) mass is 295 g/mol. The first kappa shape index (κ1) is 17.3. The third kappa shape index (κ3) is 5.63. The van der Waals surface area contributed by atoms with Crippen LogP contribution in [0.4, 0.5) is 0 Å². The highest BCUT2D eigenvalue weighted by Gasteiger charge is 2.18. The molecule has 0 aliphatic carbocycles. The Morgan fingerprint density at radius 1 is 1.24 bits per heavy atom. The number of hydrogen-bond donors (Lipinski definition) is 1. The second-order valence-corrected chi connectivity index (χ2v) is 5.87. The van der Waals surface area contributed by atoms with Crippen molar-refractivity contribution in [3.8, 4) is 11.5 Å². The molecule has 0 radical (unpaired) electrons. The van der Waals surface area contributed by atoms with Gasteiger partial charge in [-0.3, -0.25) is 0 Å². The van der Waals surface area contributed by atoms with Crippen LogP contribution >= 0.6 is 0 Å². The van der Waals surface area contributed by atoms with Crippen LogP contribution < -0.4 is 14.8 Å². The van der Waals surface area contributed by atoms with Gasteiger partial charge in [-0.2, -0.15) is 0 Å². The summed E-state index contributed by atoms with van der Waals surface area (Å²) in [4.78, 5) is 11.5. The van der Waals surface area contributed by atoms with Crippen molar-refractivity contribution in [3.05, 3.63) is 23.8 Å². The molecule has 0 fully saturated rings. The predicted octanol–water partition coefficient (Wildman–Crippen LogP) is 2.52. The van der Waals surface area contributed by atoms with Gasteiger partial charge in [0.2, 0.25) is 0 Å². The minimum absolute atomic E-state index is 0.0280. The van der Waals surface area contributed by atoms with Crippen molar-refractivity contribution in [1.82, 2.24) is 5.32 Å². The Bertz CT molecular complexity index is 480. The van der Waals surface area contributed by atoms with Gasteiger partial charge in [0, 0.05) is 12.1 Å². The van der Waals surface area contributed by atoms with Crippen LogP contribution in [0.1, 0.15) is 33.3 Å². The molecule has 0 aromatic heterocycles. The summed E-state index contributed by atoms with van der Waals surface area (Å²) in [7, 11) is 2.90. The molecule has 0 saturated heterocycles. The van der Waals surface area contributed by atoms with E-state index < -0.39 is 12.1 Å². The number of methoxy groups -OCH3 is 2. The number of benzene rings is 1. The van der Waals surface area contributed by atoms with E-state index in [1.807, 2.05) is 18.2 Å². The standard InChI is InChI=1S/C16H25NO4/c1-11(15(18)20-6)21-14-9-12(7-8-13(14)19-5)10-17-16(2,3)4/h7-9,11,17H,10H2,1-6H3. The van der Waals surface area contributed by atoms with Gasteiger partial charge in [0.05, 0.1) is 14.2 Å². The molecule has 0 heterocycles. The fourth-order valence-electron chi connectivity index (χ4n) is 1.69. The van der Waals surface area contributed by atoms with Crippen LogP contribution in [0.2, 0.25) is 0 Å². The summed E-state index contributed by atoms with van der Waals surface area (Å²) < 4.78 is 15.6. The zero-order valence-electron chi connectivity index (χ0n) is 13.6. The zero-order chi connectivity index (χ0) is 16.0. The molecule has 1 atom stereocenters. The lowest BCUT2D eigenvalue weighted by Gasteiger charge is -2.21. The normalized spacial score (nSPS) is 12.7. The minimum atomic E-state index is -0.685. The first-order valence-corrected chi connectivity index (χ1v) is 6.93. The van der Waals surface area contributed by atoms with Crippen molar-refractivity contribution in [2.45, 2.75) is 45.9 Å². The van der Waals surface area contributed by atoms with E-state index >= 15 is 0 Å². The summed E-state index contributed by atoms with van der Waals surface area (Å²) in [5, 5.41) is 3.40. The molecule has 0 bridgehead atoms. The Balaban J connectivity index is 2.87. The zero-order valence-corrected chi connectivity index (χ0v) is 13.6. The van der Waals surface area contributed by atoms with Crippen LogP contribution in [-0.4, -0.2) is 31.8 Å². The fraction of sp³-hybridized carbons (Fsp3) is 0.562. The molecule has 21 heavy (non-hydrogen) atoms. The average molecular weight is 295 g/mol. The number of carbonyl (C=O) groups is 1. The van der Waals surface area contributed by atoms with Gasteiger partial charge >= 0.3 is 5.97 Å². The molecule has 0 aliphatic rings. The summed E-state index contributed by atoms with van der Waals surface area (Å²) in [6, 6.07) is 5.67. The molecular formula is C16H25NO4. The third-order valence-corrected chi connectivity index (χ3v) is 2.89. The SMILES string of the molecule is COC(=O)C(C)Oc1cc(CNC(C)(C)C)ccc1OC. The second kappa shape index (κ2) is 7.31. The molecule has 1 aromatic rings. The first-order valence-electron chi connectivity index (χ1n) is 6.93. The molecule has 0 aliphatic heterocycles. The Morgan fingerprint density at radius 3 is 2.43 bits per heavy atom. The van der Waals surface area contributed by atoms with Crippen molar-refractivity contribution < 1.29 is 19.0 Å². The van der Waals surface area contributed by atoms with E-state index in [9.17, 15) is 4.79 Å². The molecule has 0 saturated carbocycles. The van der Waals surface area contributed by atoms with Crippen LogP contribution in [0.5, 0.6) is 11.5 Å². The van der Waals surface area contributed by atoms with Gasteiger partial charge in [0.1, 0.15) is 0 Å². The van der Waals surface area contributed by atoms with Gasteiger partial charge < -0.3 is 19.5 Å². The number of nitrogens with one attached hydrogen (secondary N) is 1. The van der Waals surface area contributed by atoms with Crippen LogP contribution in [0, 0.1) is 0 Å². The maximum Gasteiger partial charge on any atom is 0.346 e. The van der Waals surface area contributed by atoms with E-state index in [0.717, 1.165) is 5.56 Å².